The van der Waals surface area contributed by atoms with Gasteiger partial charge in [0, 0.05) is 30.5 Å². The van der Waals surface area contributed by atoms with Crippen molar-refractivity contribution in [2.75, 3.05) is 23.0 Å². The van der Waals surface area contributed by atoms with Crippen molar-refractivity contribution in [3.05, 3.63) is 47.3 Å². The smallest absolute Gasteiger partial charge is 0.152 e. The first-order valence-electron chi connectivity index (χ1n) is 8.44. The van der Waals surface area contributed by atoms with Crippen molar-refractivity contribution < 1.29 is 8.42 Å². The molecule has 0 N–H and O–H groups in total. The van der Waals surface area contributed by atoms with E-state index < -0.39 is 15.4 Å². The Morgan fingerprint density at radius 3 is 2.92 bits per heavy atom. The minimum absolute atomic E-state index is 0.187. The summed E-state index contributed by atoms with van der Waals surface area (Å²) >= 11 is 0. The van der Waals surface area contributed by atoms with Gasteiger partial charge in [-0.3, -0.25) is 4.68 Å². The number of benzene rings is 1. The molecule has 24 heavy (non-hydrogen) atoms. The van der Waals surface area contributed by atoms with E-state index in [4.69, 9.17) is 0 Å². The average molecular weight is 345 g/mol. The van der Waals surface area contributed by atoms with Gasteiger partial charge in [-0.05, 0) is 43.9 Å². The van der Waals surface area contributed by atoms with Crippen LogP contribution in [0.25, 0.3) is 0 Å². The fourth-order valence-corrected chi connectivity index (χ4v) is 6.09. The van der Waals surface area contributed by atoms with Gasteiger partial charge in [0.1, 0.15) is 0 Å². The Morgan fingerprint density at radius 1 is 1.33 bits per heavy atom. The molecule has 2 aromatic rings. The lowest BCUT2D eigenvalue weighted by Gasteiger charge is -2.23. The van der Waals surface area contributed by atoms with E-state index in [1.165, 1.54) is 16.8 Å². The first-order valence-corrected chi connectivity index (χ1v) is 10.3. The molecule has 0 bridgehead atoms. The number of nitrogens with zero attached hydrogens (tertiary/aromatic N) is 3. The van der Waals surface area contributed by atoms with E-state index in [1.807, 2.05) is 24.0 Å². The summed E-state index contributed by atoms with van der Waals surface area (Å²) in [5.74, 6) is 0.449. The molecular formula is C18H23N3O2S. The van der Waals surface area contributed by atoms with Gasteiger partial charge in [0.2, 0.25) is 0 Å². The Morgan fingerprint density at radius 2 is 2.17 bits per heavy atom. The zero-order chi connectivity index (χ0) is 16.9. The van der Waals surface area contributed by atoms with Crippen molar-refractivity contribution in [1.82, 2.24) is 9.78 Å². The topological polar surface area (TPSA) is 55.2 Å². The zero-order valence-electron chi connectivity index (χ0n) is 14.2. The summed E-state index contributed by atoms with van der Waals surface area (Å²) in [6, 6.07) is 6.46. The lowest BCUT2D eigenvalue weighted by molar-refractivity contribution is 0.328. The number of hydrogen-bond acceptors (Lipinski definition) is 4. The van der Waals surface area contributed by atoms with Crippen LogP contribution in [0.3, 0.4) is 0 Å². The van der Waals surface area contributed by atoms with E-state index in [2.05, 4.69) is 35.1 Å². The Kier molecular flexibility index (Phi) is 3.49. The molecule has 1 atom stereocenters. The van der Waals surface area contributed by atoms with Crippen LogP contribution in [0.5, 0.6) is 0 Å². The van der Waals surface area contributed by atoms with Crippen LogP contribution in [0, 0.1) is 6.92 Å². The lowest BCUT2D eigenvalue weighted by atomic mass is 10.0. The van der Waals surface area contributed by atoms with Gasteiger partial charge in [0.05, 0.1) is 23.2 Å². The number of hydrogen-bond donors (Lipinski definition) is 0. The van der Waals surface area contributed by atoms with Crippen LogP contribution in [0.4, 0.5) is 5.69 Å². The van der Waals surface area contributed by atoms with Gasteiger partial charge in [0.25, 0.3) is 0 Å². The Labute approximate surface area is 143 Å². The highest BCUT2D eigenvalue weighted by Crippen LogP contribution is 2.33. The van der Waals surface area contributed by atoms with Gasteiger partial charge in [-0.1, -0.05) is 12.1 Å². The van der Waals surface area contributed by atoms with Crippen LogP contribution in [0.2, 0.25) is 0 Å². The van der Waals surface area contributed by atoms with Gasteiger partial charge in [-0.2, -0.15) is 5.10 Å². The summed E-state index contributed by atoms with van der Waals surface area (Å²) in [5, 5.41) is 4.48. The average Bonchev–Trinajstić information content (AvgIpc) is 3.20. The van der Waals surface area contributed by atoms with E-state index in [-0.39, 0.29) is 11.5 Å². The SMILES string of the molecule is Cc1cccc2c1CCN2Cc1cnn(C2(C)CCS(=O)(=O)C2)c1. The maximum absolute atomic E-state index is 11.8. The van der Waals surface area contributed by atoms with E-state index in [9.17, 15) is 8.42 Å². The molecule has 0 radical (unpaired) electrons. The Hall–Kier alpha value is -1.82. The molecule has 6 heteroatoms. The van der Waals surface area contributed by atoms with Crippen LogP contribution >= 0.6 is 0 Å². The fourth-order valence-electron chi connectivity index (χ4n) is 3.97. The molecule has 0 aliphatic carbocycles. The summed E-state index contributed by atoms with van der Waals surface area (Å²) in [6.45, 7) is 6.00. The first kappa shape index (κ1) is 15.7. The summed E-state index contributed by atoms with van der Waals surface area (Å²) < 4.78 is 25.5. The van der Waals surface area contributed by atoms with Crippen LogP contribution in [-0.4, -0.2) is 36.2 Å². The number of aryl methyl sites for hydroxylation is 1. The number of anilines is 1. The highest BCUT2D eigenvalue weighted by Gasteiger charge is 2.40. The molecule has 1 aromatic heterocycles. The highest BCUT2D eigenvalue weighted by molar-refractivity contribution is 7.91. The first-order chi connectivity index (χ1) is 11.4. The maximum Gasteiger partial charge on any atom is 0.152 e. The molecule has 4 rings (SSSR count). The monoisotopic (exact) mass is 345 g/mol. The fraction of sp³-hybridized carbons (Fsp3) is 0.500. The Balaban J connectivity index is 1.55. The molecule has 1 saturated heterocycles. The van der Waals surface area contributed by atoms with Crippen molar-refractivity contribution in [2.24, 2.45) is 0 Å². The third kappa shape index (κ3) is 2.62. The third-order valence-corrected chi connectivity index (χ3v) is 7.29. The summed E-state index contributed by atoms with van der Waals surface area (Å²) in [7, 11) is -2.93. The standard InChI is InChI=1S/C18H23N3O2S/c1-14-4-3-5-17-16(14)6-8-20(17)11-15-10-19-21(12-15)18(2)7-9-24(22,23)13-18/h3-5,10,12H,6-9,11,13H2,1-2H3. The van der Waals surface area contributed by atoms with E-state index >= 15 is 0 Å². The van der Waals surface area contributed by atoms with Crippen LogP contribution in [0.15, 0.2) is 30.6 Å². The van der Waals surface area contributed by atoms with Crippen molar-refractivity contribution in [3.63, 3.8) is 0 Å². The van der Waals surface area contributed by atoms with Gasteiger partial charge < -0.3 is 4.90 Å². The van der Waals surface area contributed by atoms with Crippen molar-refractivity contribution >= 4 is 15.5 Å². The number of aromatic nitrogens is 2. The molecule has 1 fully saturated rings. The highest BCUT2D eigenvalue weighted by atomic mass is 32.2. The molecule has 3 heterocycles. The van der Waals surface area contributed by atoms with Crippen LogP contribution in [-0.2, 0) is 28.3 Å². The minimum atomic E-state index is -2.93. The van der Waals surface area contributed by atoms with Crippen molar-refractivity contribution in [3.8, 4) is 0 Å². The second-order valence-corrected chi connectivity index (χ2v) is 9.56. The second kappa shape index (κ2) is 5.34. The summed E-state index contributed by atoms with van der Waals surface area (Å²) in [5.41, 5.74) is 4.84. The largest absolute Gasteiger partial charge is 0.367 e. The zero-order valence-corrected chi connectivity index (χ0v) is 15.0. The van der Waals surface area contributed by atoms with Crippen LogP contribution < -0.4 is 4.90 Å². The van der Waals surface area contributed by atoms with E-state index in [0.29, 0.717) is 6.42 Å². The summed E-state index contributed by atoms with van der Waals surface area (Å²) in [6.07, 6.45) is 5.63. The number of rotatable bonds is 3. The molecule has 128 valence electrons. The molecule has 0 amide bonds. The van der Waals surface area contributed by atoms with Gasteiger partial charge in [-0.15, -0.1) is 0 Å². The molecule has 2 aliphatic rings. The van der Waals surface area contributed by atoms with Crippen molar-refractivity contribution in [2.45, 2.75) is 38.8 Å². The van der Waals surface area contributed by atoms with Crippen LogP contribution in [0.1, 0.15) is 30.0 Å². The quantitative estimate of drug-likeness (QED) is 0.856. The normalized spacial score (nSPS) is 25.2. The Bertz CT molecular complexity index is 887. The molecule has 0 saturated carbocycles. The molecule has 0 spiro atoms. The maximum atomic E-state index is 11.8. The summed E-state index contributed by atoms with van der Waals surface area (Å²) in [4.78, 5) is 2.39. The third-order valence-electron chi connectivity index (χ3n) is 5.40. The second-order valence-electron chi connectivity index (χ2n) is 7.38. The predicted octanol–water partition coefficient (Wildman–Crippen LogP) is 2.29. The number of sulfone groups is 1. The molecule has 1 unspecified atom stereocenters. The van der Waals surface area contributed by atoms with Gasteiger partial charge in [-0.25, -0.2) is 8.42 Å². The van der Waals surface area contributed by atoms with E-state index in [0.717, 1.165) is 25.1 Å². The van der Waals surface area contributed by atoms with Crippen molar-refractivity contribution in [1.29, 1.82) is 0 Å². The molecule has 2 aliphatic heterocycles. The predicted molar refractivity (Wildman–Crippen MR) is 95.1 cm³/mol. The van der Waals surface area contributed by atoms with Gasteiger partial charge >= 0.3 is 0 Å². The van der Waals surface area contributed by atoms with Gasteiger partial charge in [0.15, 0.2) is 9.84 Å². The number of fused-ring (bicyclic) bond motifs is 1. The van der Waals surface area contributed by atoms with E-state index in [1.54, 1.807) is 0 Å². The molecular weight excluding hydrogens is 322 g/mol. The molecule has 5 nitrogen and oxygen atoms in total. The molecule has 1 aromatic carbocycles. The minimum Gasteiger partial charge on any atom is -0.367 e. The lowest BCUT2D eigenvalue weighted by Crippen LogP contribution is -2.31.